The number of piperidine rings is 1. The first kappa shape index (κ1) is 15.9. The predicted molar refractivity (Wildman–Crippen MR) is 98.4 cm³/mol. The molecule has 0 bridgehead atoms. The van der Waals surface area contributed by atoms with Crippen LogP contribution in [-0.4, -0.2) is 36.0 Å². The van der Waals surface area contributed by atoms with Gasteiger partial charge >= 0.3 is 6.03 Å². The number of nitrogens with one attached hydrogen (secondary N) is 2. The molecule has 5 heteroatoms. The lowest BCUT2D eigenvalue weighted by Crippen LogP contribution is -2.47. The topological polar surface area (TPSA) is 61.4 Å². The Balaban J connectivity index is 1.32. The number of carbonyl (C=O) groups excluding carboxylic acids is 2. The molecule has 0 radical (unpaired) electrons. The Kier molecular flexibility index (Phi) is 4.30. The summed E-state index contributed by atoms with van der Waals surface area (Å²) in [6.45, 7) is 1.49. The van der Waals surface area contributed by atoms with Gasteiger partial charge in [-0.1, -0.05) is 36.4 Å². The SMILES string of the molecule is O=C(Nc1cccc2ccccc12)NC1CCN(C(=O)C2CC2)CC1. The van der Waals surface area contributed by atoms with E-state index in [0.29, 0.717) is 5.91 Å². The maximum Gasteiger partial charge on any atom is 0.319 e. The van der Waals surface area contributed by atoms with E-state index in [1.54, 1.807) is 0 Å². The molecule has 1 saturated carbocycles. The molecule has 2 aliphatic rings. The highest BCUT2D eigenvalue weighted by Crippen LogP contribution is 2.32. The van der Waals surface area contributed by atoms with Crippen LogP contribution >= 0.6 is 0 Å². The summed E-state index contributed by atoms with van der Waals surface area (Å²) in [5.41, 5.74) is 0.817. The Labute approximate surface area is 147 Å². The van der Waals surface area contributed by atoms with E-state index in [1.807, 2.05) is 47.4 Å². The molecular weight excluding hydrogens is 314 g/mol. The van der Waals surface area contributed by atoms with Crippen molar-refractivity contribution in [2.45, 2.75) is 31.7 Å². The van der Waals surface area contributed by atoms with Gasteiger partial charge in [-0.3, -0.25) is 4.79 Å². The summed E-state index contributed by atoms with van der Waals surface area (Å²) in [7, 11) is 0. The van der Waals surface area contributed by atoms with E-state index in [9.17, 15) is 9.59 Å². The van der Waals surface area contributed by atoms with Crippen molar-refractivity contribution in [2.75, 3.05) is 18.4 Å². The fraction of sp³-hybridized carbons (Fsp3) is 0.400. The highest BCUT2D eigenvalue weighted by Gasteiger charge is 2.35. The van der Waals surface area contributed by atoms with Crippen LogP contribution in [0.5, 0.6) is 0 Å². The van der Waals surface area contributed by atoms with Gasteiger partial charge in [-0.15, -0.1) is 0 Å². The second-order valence-electron chi connectivity index (χ2n) is 7.00. The average Bonchev–Trinajstić information content (AvgIpc) is 3.47. The summed E-state index contributed by atoms with van der Waals surface area (Å²) in [5, 5.41) is 8.15. The van der Waals surface area contributed by atoms with E-state index in [0.717, 1.165) is 55.2 Å². The lowest BCUT2D eigenvalue weighted by Gasteiger charge is -2.32. The molecule has 1 aliphatic carbocycles. The number of nitrogens with zero attached hydrogens (tertiary/aromatic N) is 1. The highest BCUT2D eigenvalue weighted by molar-refractivity contribution is 6.01. The van der Waals surface area contributed by atoms with Crippen molar-refractivity contribution >= 4 is 28.4 Å². The van der Waals surface area contributed by atoms with Gasteiger partial charge in [-0.05, 0) is 37.1 Å². The zero-order chi connectivity index (χ0) is 17.2. The number of likely N-dealkylation sites (tertiary alicyclic amines) is 1. The van der Waals surface area contributed by atoms with Crippen LogP contribution in [0.1, 0.15) is 25.7 Å². The van der Waals surface area contributed by atoms with E-state index in [1.165, 1.54) is 0 Å². The second-order valence-corrected chi connectivity index (χ2v) is 7.00. The standard InChI is InChI=1S/C20H23N3O2/c24-19(15-8-9-15)23-12-10-16(11-13-23)21-20(25)22-18-7-3-5-14-4-1-2-6-17(14)18/h1-7,15-16H,8-13H2,(H2,21,22,25). The molecule has 1 heterocycles. The van der Waals surface area contributed by atoms with E-state index in [2.05, 4.69) is 10.6 Å². The minimum Gasteiger partial charge on any atom is -0.342 e. The van der Waals surface area contributed by atoms with Crippen LogP contribution in [0.4, 0.5) is 10.5 Å². The molecule has 2 aromatic rings. The predicted octanol–water partition coefficient (Wildman–Crippen LogP) is 3.36. The fourth-order valence-electron chi connectivity index (χ4n) is 3.51. The fourth-order valence-corrected chi connectivity index (χ4v) is 3.51. The lowest BCUT2D eigenvalue weighted by atomic mass is 10.0. The molecule has 1 saturated heterocycles. The smallest absolute Gasteiger partial charge is 0.319 e. The number of anilines is 1. The summed E-state index contributed by atoms with van der Waals surface area (Å²) in [6.07, 6.45) is 3.73. The number of benzene rings is 2. The quantitative estimate of drug-likeness (QED) is 0.902. The minimum absolute atomic E-state index is 0.123. The molecule has 3 amide bonds. The first-order valence-electron chi connectivity index (χ1n) is 9.05. The van der Waals surface area contributed by atoms with Crippen molar-refractivity contribution in [3.8, 4) is 0 Å². The van der Waals surface area contributed by atoms with Gasteiger partial charge in [0.25, 0.3) is 0 Å². The number of amides is 3. The van der Waals surface area contributed by atoms with Crippen LogP contribution in [0, 0.1) is 5.92 Å². The first-order chi connectivity index (χ1) is 12.2. The van der Waals surface area contributed by atoms with Crippen molar-refractivity contribution in [2.24, 2.45) is 5.92 Å². The summed E-state index contributed by atoms with van der Waals surface area (Å²) < 4.78 is 0. The van der Waals surface area contributed by atoms with Crippen LogP contribution in [-0.2, 0) is 4.79 Å². The monoisotopic (exact) mass is 337 g/mol. The summed E-state index contributed by atoms with van der Waals surface area (Å²) in [5.74, 6) is 0.581. The van der Waals surface area contributed by atoms with E-state index >= 15 is 0 Å². The van der Waals surface area contributed by atoms with Gasteiger partial charge in [0.2, 0.25) is 5.91 Å². The average molecular weight is 337 g/mol. The van der Waals surface area contributed by atoms with Gasteiger partial charge in [0.05, 0.1) is 5.69 Å². The van der Waals surface area contributed by atoms with Crippen molar-refractivity contribution in [3.63, 3.8) is 0 Å². The Morgan fingerprint density at radius 3 is 2.40 bits per heavy atom. The van der Waals surface area contributed by atoms with Crippen molar-refractivity contribution in [1.82, 2.24) is 10.2 Å². The third kappa shape index (κ3) is 3.60. The summed E-state index contributed by atoms with van der Waals surface area (Å²) in [6, 6.07) is 13.8. The Morgan fingerprint density at radius 1 is 0.920 bits per heavy atom. The molecule has 4 rings (SSSR count). The number of hydrogen-bond acceptors (Lipinski definition) is 2. The van der Waals surface area contributed by atoms with Crippen molar-refractivity contribution < 1.29 is 9.59 Å². The molecule has 25 heavy (non-hydrogen) atoms. The summed E-state index contributed by atoms with van der Waals surface area (Å²) in [4.78, 5) is 26.4. The van der Waals surface area contributed by atoms with Gasteiger partial charge < -0.3 is 15.5 Å². The molecule has 2 aromatic carbocycles. The van der Waals surface area contributed by atoms with Crippen LogP contribution < -0.4 is 10.6 Å². The lowest BCUT2D eigenvalue weighted by molar-refractivity contribution is -0.133. The van der Waals surface area contributed by atoms with Gasteiger partial charge in [-0.2, -0.15) is 0 Å². The molecule has 0 aromatic heterocycles. The summed E-state index contributed by atoms with van der Waals surface area (Å²) >= 11 is 0. The number of fused-ring (bicyclic) bond motifs is 1. The van der Waals surface area contributed by atoms with Gasteiger partial charge in [-0.25, -0.2) is 4.79 Å². The van der Waals surface area contributed by atoms with Crippen molar-refractivity contribution in [1.29, 1.82) is 0 Å². The normalized spacial score (nSPS) is 18.2. The Hall–Kier alpha value is -2.56. The second kappa shape index (κ2) is 6.75. The maximum atomic E-state index is 12.4. The Morgan fingerprint density at radius 2 is 1.64 bits per heavy atom. The largest absolute Gasteiger partial charge is 0.342 e. The highest BCUT2D eigenvalue weighted by atomic mass is 16.2. The molecule has 0 spiro atoms. The molecule has 130 valence electrons. The van der Waals surface area contributed by atoms with Gasteiger partial charge in [0, 0.05) is 30.4 Å². The zero-order valence-corrected chi connectivity index (χ0v) is 14.2. The molecule has 0 unspecified atom stereocenters. The first-order valence-corrected chi connectivity index (χ1v) is 9.05. The van der Waals surface area contributed by atoms with Crippen LogP contribution in [0.3, 0.4) is 0 Å². The maximum absolute atomic E-state index is 12.4. The van der Waals surface area contributed by atoms with Crippen LogP contribution in [0.2, 0.25) is 0 Å². The molecular formula is C20H23N3O2. The molecule has 2 N–H and O–H groups in total. The van der Waals surface area contributed by atoms with Crippen LogP contribution in [0.25, 0.3) is 10.8 Å². The molecule has 0 atom stereocenters. The Bertz CT molecular complexity index is 787. The molecule has 5 nitrogen and oxygen atoms in total. The van der Waals surface area contributed by atoms with Crippen LogP contribution in [0.15, 0.2) is 42.5 Å². The molecule has 1 aliphatic heterocycles. The number of carbonyl (C=O) groups is 2. The third-order valence-corrected chi connectivity index (χ3v) is 5.11. The third-order valence-electron chi connectivity index (χ3n) is 5.11. The minimum atomic E-state index is -0.177. The van der Waals surface area contributed by atoms with Gasteiger partial charge in [0.15, 0.2) is 0 Å². The van der Waals surface area contributed by atoms with E-state index in [-0.39, 0.29) is 18.0 Å². The molecule has 2 fully saturated rings. The van der Waals surface area contributed by atoms with E-state index in [4.69, 9.17) is 0 Å². The number of rotatable bonds is 3. The van der Waals surface area contributed by atoms with E-state index < -0.39 is 0 Å². The zero-order valence-electron chi connectivity index (χ0n) is 14.2. The van der Waals surface area contributed by atoms with Gasteiger partial charge in [0.1, 0.15) is 0 Å². The number of hydrogen-bond donors (Lipinski definition) is 2. The number of urea groups is 1. The van der Waals surface area contributed by atoms with Crippen molar-refractivity contribution in [3.05, 3.63) is 42.5 Å².